The molecule has 26 heavy (non-hydrogen) atoms. The van der Waals surface area contributed by atoms with Crippen LogP contribution in [0.3, 0.4) is 0 Å². The van der Waals surface area contributed by atoms with E-state index >= 15 is 0 Å². The Morgan fingerprint density at radius 3 is 2.77 bits per heavy atom. The van der Waals surface area contributed by atoms with Crippen LogP contribution in [0.15, 0.2) is 42.6 Å². The second-order valence-corrected chi connectivity index (χ2v) is 6.07. The van der Waals surface area contributed by atoms with Gasteiger partial charge in [-0.25, -0.2) is 9.78 Å². The molecule has 6 nitrogen and oxygen atoms in total. The smallest absolute Gasteiger partial charge is 0.337 e. The van der Waals surface area contributed by atoms with Crippen molar-refractivity contribution in [2.24, 2.45) is 0 Å². The van der Waals surface area contributed by atoms with Gasteiger partial charge >= 0.3 is 5.97 Å². The second-order valence-electron chi connectivity index (χ2n) is 6.07. The zero-order valence-electron chi connectivity index (χ0n) is 15.1. The van der Waals surface area contributed by atoms with Gasteiger partial charge in [0.1, 0.15) is 11.3 Å². The lowest BCUT2D eigenvalue weighted by atomic mass is 10.1. The quantitative estimate of drug-likeness (QED) is 0.713. The van der Waals surface area contributed by atoms with Crippen LogP contribution in [0.1, 0.15) is 45.4 Å². The van der Waals surface area contributed by atoms with Crippen molar-refractivity contribution in [3.05, 3.63) is 65.1 Å². The third-order valence-electron chi connectivity index (χ3n) is 4.16. The number of aromatic nitrogens is 2. The molecule has 134 valence electrons. The molecule has 6 heteroatoms. The molecule has 0 saturated carbocycles. The van der Waals surface area contributed by atoms with Gasteiger partial charge in [-0.05, 0) is 43.2 Å². The highest BCUT2D eigenvalue weighted by atomic mass is 16.5. The van der Waals surface area contributed by atoms with E-state index in [9.17, 15) is 9.59 Å². The summed E-state index contributed by atoms with van der Waals surface area (Å²) < 4.78 is 6.54. The Morgan fingerprint density at radius 2 is 2.04 bits per heavy atom. The van der Waals surface area contributed by atoms with E-state index < -0.39 is 5.97 Å². The lowest BCUT2D eigenvalue weighted by molar-refractivity contribution is 0.0600. The fraction of sp³-hybridized carbons (Fsp3) is 0.250. The first kappa shape index (κ1) is 17.7. The Labute approximate surface area is 151 Å². The number of aryl methyl sites for hydroxylation is 2. The summed E-state index contributed by atoms with van der Waals surface area (Å²) in [5.41, 5.74) is 3.99. The first-order chi connectivity index (χ1) is 12.5. The van der Waals surface area contributed by atoms with Crippen LogP contribution in [-0.2, 0) is 11.2 Å². The number of imidazole rings is 1. The van der Waals surface area contributed by atoms with Gasteiger partial charge in [-0.15, -0.1) is 0 Å². The van der Waals surface area contributed by atoms with E-state index in [0.29, 0.717) is 23.4 Å². The first-order valence-electron chi connectivity index (χ1n) is 8.51. The molecule has 0 saturated heterocycles. The standard InChI is InChI=1S/C20H21N3O3/c1-4-7-16-17(23-11-6-8-13(2)18(23)22-16)19(24)21-15-10-5-9-14(12-15)20(25)26-3/h5-6,8-12H,4,7H2,1-3H3,(H,21,24). The summed E-state index contributed by atoms with van der Waals surface area (Å²) in [7, 11) is 1.32. The Bertz CT molecular complexity index is 976. The molecule has 3 aromatic rings. The average Bonchev–Trinajstić information content (AvgIpc) is 3.01. The van der Waals surface area contributed by atoms with Gasteiger partial charge in [-0.3, -0.25) is 9.20 Å². The van der Waals surface area contributed by atoms with Gasteiger partial charge in [0.05, 0.1) is 18.4 Å². The van der Waals surface area contributed by atoms with Gasteiger partial charge in [0, 0.05) is 11.9 Å². The van der Waals surface area contributed by atoms with Crippen molar-refractivity contribution in [3.63, 3.8) is 0 Å². The van der Waals surface area contributed by atoms with Crippen molar-refractivity contribution < 1.29 is 14.3 Å². The molecule has 1 aromatic carbocycles. The fourth-order valence-electron chi connectivity index (χ4n) is 2.93. The van der Waals surface area contributed by atoms with Gasteiger partial charge in [-0.2, -0.15) is 0 Å². The number of hydrogen-bond donors (Lipinski definition) is 1. The highest BCUT2D eigenvalue weighted by Gasteiger charge is 2.20. The van der Waals surface area contributed by atoms with Crippen molar-refractivity contribution in [2.45, 2.75) is 26.7 Å². The average molecular weight is 351 g/mol. The van der Waals surface area contributed by atoms with Gasteiger partial charge in [0.25, 0.3) is 5.91 Å². The molecular weight excluding hydrogens is 330 g/mol. The SMILES string of the molecule is CCCc1nc2c(C)cccn2c1C(=O)Nc1cccc(C(=O)OC)c1. The molecular formula is C20H21N3O3. The summed E-state index contributed by atoms with van der Waals surface area (Å²) in [6, 6.07) is 10.5. The number of rotatable bonds is 5. The normalized spacial score (nSPS) is 10.7. The van der Waals surface area contributed by atoms with E-state index in [0.717, 1.165) is 23.3 Å². The van der Waals surface area contributed by atoms with Crippen LogP contribution >= 0.6 is 0 Å². The monoisotopic (exact) mass is 351 g/mol. The van der Waals surface area contributed by atoms with Crippen molar-refractivity contribution in [2.75, 3.05) is 12.4 Å². The number of esters is 1. The van der Waals surface area contributed by atoms with Crippen LogP contribution in [0, 0.1) is 6.92 Å². The van der Waals surface area contributed by atoms with Gasteiger partial charge in [0.15, 0.2) is 0 Å². The van der Waals surface area contributed by atoms with Crippen LogP contribution < -0.4 is 5.32 Å². The lowest BCUT2D eigenvalue weighted by Crippen LogP contribution is -2.17. The summed E-state index contributed by atoms with van der Waals surface area (Å²) >= 11 is 0. The lowest BCUT2D eigenvalue weighted by Gasteiger charge is -2.08. The summed E-state index contributed by atoms with van der Waals surface area (Å²) in [6.45, 7) is 4.03. The van der Waals surface area contributed by atoms with Crippen molar-refractivity contribution in [3.8, 4) is 0 Å². The molecule has 0 atom stereocenters. The van der Waals surface area contributed by atoms with E-state index in [1.54, 1.807) is 24.3 Å². The molecule has 2 aromatic heterocycles. The topological polar surface area (TPSA) is 72.7 Å². The molecule has 3 rings (SSSR count). The maximum atomic E-state index is 13.0. The highest BCUT2D eigenvalue weighted by Crippen LogP contribution is 2.20. The molecule has 0 fully saturated rings. The number of hydrogen-bond acceptors (Lipinski definition) is 4. The summed E-state index contributed by atoms with van der Waals surface area (Å²) in [6.07, 6.45) is 3.45. The predicted molar refractivity (Wildman–Crippen MR) is 99.7 cm³/mol. The van der Waals surface area contributed by atoms with E-state index in [4.69, 9.17) is 4.74 Å². The van der Waals surface area contributed by atoms with Gasteiger partial charge < -0.3 is 10.1 Å². The summed E-state index contributed by atoms with van der Waals surface area (Å²) in [5.74, 6) is -0.702. The number of amides is 1. The molecule has 0 aliphatic carbocycles. The number of carbonyl (C=O) groups is 2. The van der Waals surface area contributed by atoms with E-state index in [1.807, 2.05) is 29.7 Å². The maximum Gasteiger partial charge on any atom is 0.337 e. The zero-order chi connectivity index (χ0) is 18.7. The molecule has 0 bridgehead atoms. The van der Waals surface area contributed by atoms with Crippen molar-refractivity contribution in [1.29, 1.82) is 0 Å². The third kappa shape index (κ3) is 3.31. The third-order valence-corrected chi connectivity index (χ3v) is 4.16. The number of carbonyl (C=O) groups excluding carboxylic acids is 2. The number of nitrogens with zero attached hydrogens (tertiary/aromatic N) is 2. The highest BCUT2D eigenvalue weighted by molar-refractivity contribution is 6.05. The van der Waals surface area contributed by atoms with Crippen LogP contribution in [0.25, 0.3) is 5.65 Å². The number of fused-ring (bicyclic) bond motifs is 1. The summed E-state index contributed by atoms with van der Waals surface area (Å²) in [5, 5.41) is 2.87. The van der Waals surface area contributed by atoms with E-state index in [2.05, 4.69) is 17.2 Å². The molecule has 0 spiro atoms. The van der Waals surface area contributed by atoms with E-state index in [1.165, 1.54) is 7.11 Å². The van der Waals surface area contributed by atoms with Gasteiger partial charge in [-0.1, -0.05) is 25.5 Å². The Morgan fingerprint density at radius 1 is 1.23 bits per heavy atom. The second kappa shape index (κ2) is 7.39. The molecule has 1 amide bonds. The van der Waals surface area contributed by atoms with Crippen LogP contribution in [0.2, 0.25) is 0 Å². The molecule has 2 heterocycles. The minimum atomic E-state index is -0.446. The molecule has 0 aliphatic heterocycles. The van der Waals surface area contributed by atoms with Crippen LogP contribution in [0.4, 0.5) is 5.69 Å². The first-order valence-corrected chi connectivity index (χ1v) is 8.51. The van der Waals surface area contributed by atoms with Gasteiger partial charge in [0.2, 0.25) is 0 Å². The molecule has 0 aliphatic rings. The number of methoxy groups -OCH3 is 1. The minimum Gasteiger partial charge on any atom is -0.465 e. The number of anilines is 1. The summed E-state index contributed by atoms with van der Waals surface area (Å²) in [4.78, 5) is 29.3. The number of benzene rings is 1. The number of pyridine rings is 1. The Balaban J connectivity index is 1.99. The van der Waals surface area contributed by atoms with Crippen molar-refractivity contribution >= 4 is 23.2 Å². The fourth-order valence-corrected chi connectivity index (χ4v) is 2.93. The maximum absolute atomic E-state index is 13.0. The molecule has 0 unspecified atom stereocenters. The van der Waals surface area contributed by atoms with Crippen molar-refractivity contribution in [1.82, 2.24) is 9.38 Å². The predicted octanol–water partition coefficient (Wildman–Crippen LogP) is 3.63. The molecule has 0 radical (unpaired) electrons. The largest absolute Gasteiger partial charge is 0.465 e. The van der Waals surface area contributed by atoms with Crippen LogP contribution in [0.5, 0.6) is 0 Å². The van der Waals surface area contributed by atoms with Crippen LogP contribution in [-0.4, -0.2) is 28.4 Å². The Kier molecular flexibility index (Phi) is 5.02. The number of nitrogens with one attached hydrogen (secondary N) is 1. The molecule has 1 N–H and O–H groups in total. The Hall–Kier alpha value is -3.15. The zero-order valence-corrected chi connectivity index (χ0v) is 15.1. The number of ether oxygens (including phenoxy) is 1. The minimum absolute atomic E-state index is 0.256. The van der Waals surface area contributed by atoms with E-state index in [-0.39, 0.29) is 5.91 Å².